The first-order chi connectivity index (χ1) is 8.42. The Morgan fingerprint density at radius 3 is 2.59 bits per heavy atom. The standard InChI is InChI=1S/C15H25NO/c1-2-10(1)11-3-4-12(7-11)16-8-14-13-5-6-17-9-15(13)14/h10-16H,1-9H2. The number of nitrogens with one attached hydrogen (secondary N) is 1. The molecule has 1 saturated heterocycles. The van der Waals surface area contributed by atoms with Crippen LogP contribution in [0.4, 0.5) is 0 Å². The maximum Gasteiger partial charge on any atom is 0.0500 e. The van der Waals surface area contributed by atoms with Crippen LogP contribution in [-0.4, -0.2) is 25.8 Å². The van der Waals surface area contributed by atoms with Gasteiger partial charge in [-0.2, -0.15) is 0 Å². The summed E-state index contributed by atoms with van der Waals surface area (Å²) in [4.78, 5) is 0. The molecule has 0 radical (unpaired) electrons. The van der Waals surface area contributed by atoms with Crippen molar-refractivity contribution in [2.75, 3.05) is 19.8 Å². The Labute approximate surface area is 104 Å². The fourth-order valence-electron chi connectivity index (χ4n) is 4.44. The van der Waals surface area contributed by atoms with Gasteiger partial charge in [-0.3, -0.25) is 0 Å². The molecule has 0 aromatic heterocycles. The van der Waals surface area contributed by atoms with Gasteiger partial charge in [0.25, 0.3) is 0 Å². The summed E-state index contributed by atoms with van der Waals surface area (Å²) in [5, 5.41) is 3.86. The number of rotatable bonds is 4. The van der Waals surface area contributed by atoms with Crippen LogP contribution in [-0.2, 0) is 4.74 Å². The fourth-order valence-corrected chi connectivity index (χ4v) is 4.44. The van der Waals surface area contributed by atoms with E-state index >= 15 is 0 Å². The van der Waals surface area contributed by atoms with Gasteiger partial charge in [-0.25, -0.2) is 0 Å². The summed E-state index contributed by atoms with van der Waals surface area (Å²) in [7, 11) is 0. The highest BCUT2D eigenvalue weighted by molar-refractivity contribution is 5.00. The van der Waals surface area contributed by atoms with E-state index in [9.17, 15) is 0 Å². The lowest BCUT2D eigenvalue weighted by atomic mass is 10.0. The third kappa shape index (κ3) is 2.15. The van der Waals surface area contributed by atoms with E-state index in [-0.39, 0.29) is 0 Å². The molecule has 0 amide bonds. The molecule has 3 saturated carbocycles. The van der Waals surface area contributed by atoms with Gasteiger partial charge in [-0.1, -0.05) is 0 Å². The van der Waals surface area contributed by atoms with Gasteiger partial charge in [0.05, 0.1) is 0 Å². The van der Waals surface area contributed by atoms with Crippen LogP contribution in [0, 0.1) is 29.6 Å². The van der Waals surface area contributed by atoms with Crippen LogP contribution in [0.2, 0.25) is 0 Å². The molecule has 4 rings (SSSR count). The first-order valence-electron chi connectivity index (χ1n) is 7.73. The molecule has 0 bridgehead atoms. The van der Waals surface area contributed by atoms with E-state index in [0.29, 0.717) is 0 Å². The third-order valence-electron chi connectivity index (χ3n) is 5.82. The first kappa shape index (κ1) is 10.8. The molecule has 1 aliphatic heterocycles. The van der Waals surface area contributed by atoms with E-state index in [1.54, 1.807) is 0 Å². The largest absolute Gasteiger partial charge is 0.381 e. The summed E-state index contributed by atoms with van der Waals surface area (Å²) < 4.78 is 5.55. The van der Waals surface area contributed by atoms with Gasteiger partial charge in [0.15, 0.2) is 0 Å². The average Bonchev–Trinajstić information content (AvgIpc) is 3.27. The van der Waals surface area contributed by atoms with Crippen molar-refractivity contribution < 1.29 is 4.74 Å². The van der Waals surface area contributed by atoms with Crippen LogP contribution in [0.5, 0.6) is 0 Å². The van der Waals surface area contributed by atoms with E-state index in [2.05, 4.69) is 5.32 Å². The van der Waals surface area contributed by atoms with Crippen LogP contribution >= 0.6 is 0 Å². The summed E-state index contributed by atoms with van der Waals surface area (Å²) >= 11 is 0. The van der Waals surface area contributed by atoms with Crippen molar-refractivity contribution in [3.8, 4) is 0 Å². The molecule has 0 spiro atoms. The second-order valence-corrected chi connectivity index (χ2v) is 6.87. The smallest absolute Gasteiger partial charge is 0.0500 e. The van der Waals surface area contributed by atoms with Crippen molar-refractivity contribution in [1.82, 2.24) is 5.32 Å². The molecule has 4 fully saturated rings. The molecular formula is C15H25NO. The average molecular weight is 235 g/mol. The van der Waals surface area contributed by atoms with Crippen molar-refractivity contribution in [3.63, 3.8) is 0 Å². The van der Waals surface area contributed by atoms with Gasteiger partial charge in [0, 0.05) is 19.3 Å². The van der Waals surface area contributed by atoms with E-state index in [4.69, 9.17) is 4.74 Å². The highest BCUT2D eigenvalue weighted by Gasteiger charge is 2.51. The van der Waals surface area contributed by atoms with Crippen LogP contribution in [0.15, 0.2) is 0 Å². The zero-order valence-electron chi connectivity index (χ0n) is 10.7. The van der Waals surface area contributed by atoms with Crippen LogP contribution in [0.1, 0.15) is 38.5 Å². The minimum atomic E-state index is 0.851. The lowest BCUT2D eigenvalue weighted by Crippen LogP contribution is -2.29. The van der Waals surface area contributed by atoms with E-state index in [0.717, 1.165) is 48.8 Å². The maximum absolute atomic E-state index is 5.55. The Morgan fingerprint density at radius 1 is 0.941 bits per heavy atom. The molecule has 4 aliphatic rings. The lowest BCUT2D eigenvalue weighted by Gasteiger charge is -2.13. The lowest BCUT2D eigenvalue weighted by molar-refractivity contribution is 0.0884. The van der Waals surface area contributed by atoms with Gasteiger partial charge in [0.1, 0.15) is 0 Å². The molecule has 0 aromatic rings. The zero-order chi connectivity index (χ0) is 11.2. The molecule has 3 aliphatic carbocycles. The van der Waals surface area contributed by atoms with Crippen molar-refractivity contribution >= 4 is 0 Å². The molecule has 5 atom stereocenters. The minimum Gasteiger partial charge on any atom is -0.381 e. The predicted molar refractivity (Wildman–Crippen MR) is 67.8 cm³/mol. The summed E-state index contributed by atoms with van der Waals surface area (Å²) in [5.74, 6) is 5.09. The van der Waals surface area contributed by atoms with Gasteiger partial charge >= 0.3 is 0 Å². The summed E-state index contributed by atoms with van der Waals surface area (Å²) in [6.07, 6.45) is 8.81. The molecule has 5 unspecified atom stereocenters. The monoisotopic (exact) mass is 235 g/mol. The number of hydrogen-bond donors (Lipinski definition) is 1. The first-order valence-corrected chi connectivity index (χ1v) is 7.73. The third-order valence-corrected chi connectivity index (χ3v) is 5.82. The van der Waals surface area contributed by atoms with E-state index in [1.165, 1.54) is 45.1 Å². The Kier molecular flexibility index (Phi) is 2.69. The second kappa shape index (κ2) is 4.24. The SMILES string of the molecule is C1CC2C(CNC3CCC(C4CC4)C3)C2CO1. The molecule has 96 valence electrons. The van der Waals surface area contributed by atoms with Gasteiger partial charge in [-0.15, -0.1) is 0 Å². The minimum absolute atomic E-state index is 0.851. The number of fused-ring (bicyclic) bond motifs is 1. The van der Waals surface area contributed by atoms with E-state index < -0.39 is 0 Å². The summed E-state index contributed by atoms with van der Waals surface area (Å²) in [6, 6.07) is 0.851. The number of ether oxygens (including phenoxy) is 1. The molecule has 1 heterocycles. The Balaban J connectivity index is 1.21. The predicted octanol–water partition coefficient (Wildman–Crippen LogP) is 2.44. The molecule has 0 aromatic carbocycles. The fraction of sp³-hybridized carbons (Fsp3) is 1.00. The summed E-state index contributed by atoms with van der Waals surface area (Å²) in [5.41, 5.74) is 0. The van der Waals surface area contributed by atoms with E-state index in [1.807, 2.05) is 0 Å². The highest BCUT2D eigenvalue weighted by Crippen LogP contribution is 2.51. The topological polar surface area (TPSA) is 21.3 Å². The van der Waals surface area contributed by atoms with Crippen LogP contribution in [0.3, 0.4) is 0 Å². The second-order valence-electron chi connectivity index (χ2n) is 6.87. The zero-order valence-corrected chi connectivity index (χ0v) is 10.7. The molecule has 1 N–H and O–H groups in total. The molecule has 2 nitrogen and oxygen atoms in total. The Bertz CT molecular complexity index is 277. The quantitative estimate of drug-likeness (QED) is 0.808. The molecule has 2 heteroatoms. The normalized spacial score (nSPS) is 49.1. The van der Waals surface area contributed by atoms with Crippen molar-refractivity contribution in [3.05, 3.63) is 0 Å². The maximum atomic E-state index is 5.55. The Hall–Kier alpha value is -0.0800. The summed E-state index contributed by atoms with van der Waals surface area (Å²) in [6.45, 7) is 3.35. The van der Waals surface area contributed by atoms with Gasteiger partial charge in [-0.05, 0) is 74.7 Å². The van der Waals surface area contributed by atoms with Crippen molar-refractivity contribution in [2.45, 2.75) is 44.6 Å². The van der Waals surface area contributed by atoms with Crippen molar-refractivity contribution in [2.24, 2.45) is 29.6 Å². The number of hydrogen-bond acceptors (Lipinski definition) is 2. The van der Waals surface area contributed by atoms with Crippen LogP contribution < -0.4 is 5.32 Å². The van der Waals surface area contributed by atoms with Crippen molar-refractivity contribution in [1.29, 1.82) is 0 Å². The van der Waals surface area contributed by atoms with Crippen LogP contribution in [0.25, 0.3) is 0 Å². The highest BCUT2D eigenvalue weighted by atomic mass is 16.5. The van der Waals surface area contributed by atoms with Gasteiger partial charge in [0.2, 0.25) is 0 Å². The molecular weight excluding hydrogens is 210 g/mol. The van der Waals surface area contributed by atoms with Gasteiger partial charge < -0.3 is 10.1 Å². The Morgan fingerprint density at radius 2 is 1.82 bits per heavy atom. The molecule has 17 heavy (non-hydrogen) atoms.